The van der Waals surface area contributed by atoms with Gasteiger partial charge in [-0.15, -0.1) is 0 Å². The summed E-state index contributed by atoms with van der Waals surface area (Å²) in [6.07, 6.45) is 3.70. The van der Waals surface area contributed by atoms with E-state index < -0.39 is 0 Å². The van der Waals surface area contributed by atoms with Gasteiger partial charge >= 0.3 is 0 Å². The Hall–Kier alpha value is -2.45. The number of halogens is 1. The van der Waals surface area contributed by atoms with Crippen LogP contribution in [-0.2, 0) is 0 Å². The number of anilines is 2. The highest BCUT2D eigenvalue weighted by Crippen LogP contribution is 2.33. The molecule has 4 N–H and O–H groups in total. The lowest BCUT2D eigenvalue weighted by Gasteiger charge is -2.15. The first-order valence-corrected chi connectivity index (χ1v) is 10.8. The molecule has 0 spiro atoms. The molecule has 4 rings (SSSR count). The van der Waals surface area contributed by atoms with Gasteiger partial charge in [0.05, 0.1) is 15.8 Å². The lowest BCUT2D eigenvalue weighted by Crippen LogP contribution is -2.02. The van der Waals surface area contributed by atoms with Crippen LogP contribution < -0.4 is 10.5 Å². The largest absolute Gasteiger partial charge is 0.396 e. The van der Waals surface area contributed by atoms with E-state index in [9.17, 15) is 0 Å². The number of pyridine rings is 1. The summed E-state index contributed by atoms with van der Waals surface area (Å²) in [5.74, 6) is 0.766. The monoisotopic (exact) mass is 456 g/mol. The molecule has 6 nitrogen and oxygen atoms in total. The van der Waals surface area contributed by atoms with Crippen molar-refractivity contribution in [2.45, 2.75) is 20.8 Å². The number of nitrogen functional groups attached to an aromatic ring is 1. The van der Waals surface area contributed by atoms with Gasteiger partial charge in [0.2, 0.25) is 0 Å². The number of H-pyrrole nitrogens is 1. The Balaban J connectivity index is 1.87. The number of nitrogens with zero attached hydrogens (tertiary/aromatic N) is 3. The molecule has 0 radical (unpaired) electrons. The second kappa shape index (κ2) is 7.18. The molecule has 0 aliphatic carbocycles. The highest BCUT2D eigenvalue weighted by molar-refractivity contribution is 9.10. The zero-order valence-electron chi connectivity index (χ0n) is 16.1. The van der Waals surface area contributed by atoms with Crippen LogP contribution in [-0.4, -0.2) is 25.8 Å². The average Bonchev–Trinajstić information content (AvgIpc) is 3.22. The molecule has 0 amide bonds. The predicted octanol–water partition coefficient (Wildman–Crippen LogP) is 5.38. The molecule has 0 saturated carbocycles. The highest BCUT2D eigenvalue weighted by Gasteiger charge is 2.18. The summed E-state index contributed by atoms with van der Waals surface area (Å²) in [7, 11) is 0. The minimum Gasteiger partial charge on any atom is -0.396 e. The van der Waals surface area contributed by atoms with Gasteiger partial charge in [0.25, 0.3) is 0 Å². The molecule has 3 aromatic heterocycles. The van der Waals surface area contributed by atoms with Crippen LogP contribution in [0.2, 0.25) is 0 Å². The minimum atomic E-state index is 0.614. The van der Waals surface area contributed by atoms with E-state index in [1.54, 1.807) is 18.1 Å². The van der Waals surface area contributed by atoms with Crippen LogP contribution in [0, 0.1) is 20.8 Å². The van der Waals surface area contributed by atoms with Crippen molar-refractivity contribution in [3.05, 3.63) is 51.9 Å². The van der Waals surface area contributed by atoms with Crippen molar-refractivity contribution >= 4 is 50.4 Å². The number of rotatable bonds is 4. The third-order valence-corrected chi connectivity index (χ3v) is 5.94. The maximum atomic E-state index is 6.17. The number of imidazole rings is 1. The van der Waals surface area contributed by atoms with Crippen LogP contribution in [0.3, 0.4) is 0 Å². The number of fused-ring (bicyclic) bond motifs is 1. The topological polar surface area (TPSA) is 84.6 Å². The zero-order valence-corrected chi connectivity index (χ0v) is 18.5. The fourth-order valence-electron chi connectivity index (χ4n) is 3.48. The SMILES string of the molecule is CSNc1ccc(C)c(-n2c(C)cc(-c3nc4ncc(Br)c(N)c4[nH]3)c2C)c1. The molecule has 1 aromatic carbocycles. The van der Waals surface area contributed by atoms with Gasteiger partial charge in [0, 0.05) is 35.1 Å². The van der Waals surface area contributed by atoms with E-state index in [0.29, 0.717) is 11.3 Å². The first-order chi connectivity index (χ1) is 13.4. The Morgan fingerprint density at radius 2 is 2.00 bits per heavy atom. The second-order valence-corrected chi connectivity index (χ2v) is 8.20. The van der Waals surface area contributed by atoms with Crippen LogP contribution in [0.15, 0.2) is 34.9 Å². The fraction of sp³-hybridized carbons (Fsp3) is 0.200. The first-order valence-electron chi connectivity index (χ1n) is 8.79. The van der Waals surface area contributed by atoms with Crippen molar-refractivity contribution < 1.29 is 0 Å². The Kier molecular flexibility index (Phi) is 4.84. The zero-order chi connectivity index (χ0) is 20.0. The average molecular weight is 457 g/mol. The van der Waals surface area contributed by atoms with E-state index in [1.807, 2.05) is 6.26 Å². The summed E-state index contributed by atoms with van der Waals surface area (Å²) in [6.45, 7) is 6.34. The van der Waals surface area contributed by atoms with Crippen molar-refractivity contribution in [3.63, 3.8) is 0 Å². The molecule has 0 bridgehead atoms. The Morgan fingerprint density at radius 3 is 2.75 bits per heavy atom. The van der Waals surface area contributed by atoms with Crippen LogP contribution in [0.5, 0.6) is 0 Å². The van der Waals surface area contributed by atoms with Crippen molar-refractivity contribution in [2.24, 2.45) is 0 Å². The van der Waals surface area contributed by atoms with Gasteiger partial charge in [-0.3, -0.25) is 0 Å². The van der Waals surface area contributed by atoms with Gasteiger partial charge < -0.3 is 20.0 Å². The molecule has 4 aromatic rings. The number of benzene rings is 1. The summed E-state index contributed by atoms with van der Waals surface area (Å²) in [4.78, 5) is 12.4. The molecule has 0 atom stereocenters. The van der Waals surface area contributed by atoms with Crippen LogP contribution in [0.1, 0.15) is 17.0 Å². The van der Waals surface area contributed by atoms with Crippen LogP contribution >= 0.6 is 27.9 Å². The molecule has 8 heteroatoms. The maximum Gasteiger partial charge on any atom is 0.180 e. The number of aryl methyl sites for hydroxylation is 2. The first kappa shape index (κ1) is 18.9. The highest BCUT2D eigenvalue weighted by atomic mass is 79.9. The Labute approximate surface area is 176 Å². The van der Waals surface area contributed by atoms with E-state index >= 15 is 0 Å². The van der Waals surface area contributed by atoms with E-state index in [-0.39, 0.29) is 0 Å². The van der Waals surface area contributed by atoms with Gasteiger partial charge in [-0.2, -0.15) is 0 Å². The lowest BCUT2D eigenvalue weighted by atomic mass is 10.1. The van der Waals surface area contributed by atoms with E-state index in [0.717, 1.165) is 44.1 Å². The summed E-state index contributed by atoms with van der Waals surface area (Å²) >= 11 is 5.01. The Bertz CT molecular complexity index is 1190. The normalized spacial score (nSPS) is 11.3. The van der Waals surface area contributed by atoms with E-state index in [2.05, 4.69) is 85.2 Å². The molecular formula is C20H21BrN6S. The maximum absolute atomic E-state index is 6.17. The van der Waals surface area contributed by atoms with Crippen LogP contribution in [0.4, 0.5) is 11.4 Å². The summed E-state index contributed by atoms with van der Waals surface area (Å²) in [5.41, 5.74) is 14.9. The molecule has 0 aliphatic rings. The fourth-order valence-corrected chi connectivity index (χ4v) is 4.15. The van der Waals surface area contributed by atoms with Gasteiger partial charge in [0.15, 0.2) is 5.65 Å². The molecule has 3 heterocycles. The van der Waals surface area contributed by atoms with Gasteiger partial charge in [-0.05, 0) is 60.5 Å². The van der Waals surface area contributed by atoms with Crippen molar-refractivity contribution in [3.8, 4) is 17.1 Å². The third kappa shape index (κ3) is 3.06. The smallest absolute Gasteiger partial charge is 0.180 e. The number of nitrogens with one attached hydrogen (secondary N) is 2. The summed E-state index contributed by atoms with van der Waals surface area (Å²) in [6, 6.07) is 8.54. The number of aromatic amines is 1. The van der Waals surface area contributed by atoms with E-state index in [1.165, 1.54) is 5.56 Å². The molecule has 28 heavy (non-hydrogen) atoms. The summed E-state index contributed by atoms with van der Waals surface area (Å²) < 4.78 is 6.33. The number of hydrogen-bond donors (Lipinski definition) is 3. The number of nitrogens with two attached hydrogens (primary N) is 1. The predicted molar refractivity (Wildman–Crippen MR) is 122 cm³/mol. The molecular weight excluding hydrogens is 436 g/mol. The van der Waals surface area contributed by atoms with Crippen molar-refractivity contribution in [2.75, 3.05) is 16.7 Å². The Morgan fingerprint density at radius 1 is 1.21 bits per heavy atom. The van der Waals surface area contributed by atoms with Crippen LogP contribution in [0.25, 0.3) is 28.2 Å². The molecule has 0 unspecified atom stereocenters. The molecule has 0 fully saturated rings. The van der Waals surface area contributed by atoms with Gasteiger partial charge in [0.1, 0.15) is 11.3 Å². The second-order valence-electron chi connectivity index (χ2n) is 6.73. The standard InChI is InChI=1S/C20H21BrN6S/c1-10-5-6-13(26-28-4)8-16(10)27-11(2)7-14(12(27)3)19-24-18-17(22)15(21)9-23-20(18)25-19/h5-9,26H,1-4H3,(H3,22,23,24,25). The number of aromatic nitrogens is 4. The van der Waals surface area contributed by atoms with Gasteiger partial charge in [-0.25, -0.2) is 9.97 Å². The number of hydrogen-bond acceptors (Lipinski definition) is 5. The molecule has 0 saturated heterocycles. The lowest BCUT2D eigenvalue weighted by molar-refractivity contribution is 0.955. The molecule has 144 valence electrons. The minimum absolute atomic E-state index is 0.614. The quantitative estimate of drug-likeness (QED) is 0.359. The van der Waals surface area contributed by atoms with Crippen molar-refractivity contribution in [1.29, 1.82) is 0 Å². The van der Waals surface area contributed by atoms with E-state index in [4.69, 9.17) is 5.73 Å². The van der Waals surface area contributed by atoms with Gasteiger partial charge in [-0.1, -0.05) is 18.0 Å². The third-order valence-electron chi connectivity index (χ3n) is 4.87. The molecule has 0 aliphatic heterocycles. The summed E-state index contributed by atoms with van der Waals surface area (Å²) in [5, 5.41) is 0. The van der Waals surface area contributed by atoms with Crippen molar-refractivity contribution in [1.82, 2.24) is 19.5 Å².